The minimum atomic E-state index is -0.448. The highest BCUT2D eigenvalue weighted by Crippen LogP contribution is 2.21. The highest BCUT2D eigenvalue weighted by molar-refractivity contribution is 5.87. The predicted octanol–water partition coefficient (Wildman–Crippen LogP) is 2.55. The van der Waals surface area contributed by atoms with E-state index in [1.165, 1.54) is 32.1 Å². The van der Waals surface area contributed by atoms with E-state index in [0.29, 0.717) is 24.9 Å². The van der Waals surface area contributed by atoms with Gasteiger partial charge in [0.05, 0.1) is 0 Å². The summed E-state index contributed by atoms with van der Waals surface area (Å²) in [6, 6.07) is 0.207. The summed E-state index contributed by atoms with van der Waals surface area (Å²) in [5.41, 5.74) is 0. The number of carbonyl (C=O) groups is 2. The molecule has 5 heteroatoms. The Labute approximate surface area is 147 Å². The van der Waals surface area contributed by atoms with E-state index in [0.717, 1.165) is 6.54 Å². The molecule has 0 spiro atoms. The molecule has 2 amide bonds. The van der Waals surface area contributed by atoms with Gasteiger partial charge in [-0.05, 0) is 31.7 Å². The molecule has 0 heterocycles. The van der Waals surface area contributed by atoms with Crippen molar-refractivity contribution in [2.45, 2.75) is 78.3 Å². The van der Waals surface area contributed by atoms with Gasteiger partial charge < -0.3 is 15.5 Å². The van der Waals surface area contributed by atoms with E-state index in [1.54, 1.807) is 0 Å². The summed E-state index contributed by atoms with van der Waals surface area (Å²) in [7, 11) is 2.15. The second kappa shape index (κ2) is 10.7. The van der Waals surface area contributed by atoms with Crippen molar-refractivity contribution in [1.82, 2.24) is 15.5 Å². The van der Waals surface area contributed by atoms with E-state index in [1.807, 2.05) is 27.7 Å². The van der Waals surface area contributed by atoms with Crippen LogP contribution in [0.15, 0.2) is 0 Å². The van der Waals surface area contributed by atoms with Gasteiger partial charge >= 0.3 is 0 Å². The fraction of sp³-hybridized carbons (Fsp3) is 0.895. The topological polar surface area (TPSA) is 61.4 Å². The monoisotopic (exact) mass is 339 g/mol. The average Bonchev–Trinajstić information content (AvgIpc) is 2.52. The molecule has 140 valence electrons. The number of rotatable bonds is 9. The minimum absolute atomic E-state index is 0.0434. The van der Waals surface area contributed by atoms with E-state index < -0.39 is 6.04 Å². The summed E-state index contributed by atoms with van der Waals surface area (Å²) in [4.78, 5) is 26.7. The Morgan fingerprint density at radius 3 is 2.25 bits per heavy atom. The normalized spacial score (nSPS) is 17.3. The third-order valence-corrected chi connectivity index (χ3v) is 4.82. The Morgan fingerprint density at radius 1 is 1.08 bits per heavy atom. The lowest BCUT2D eigenvalue weighted by Gasteiger charge is -2.31. The molecule has 5 nitrogen and oxygen atoms in total. The first-order valence-corrected chi connectivity index (χ1v) is 9.58. The SMILES string of the molecule is CC(C)CC(=O)NC(C(=O)NCCN(C)C1CCCCC1)C(C)C. The molecule has 2 N–H and O–H groups in total. The molecule has 0 aromatic heterocycles. The fourth-order valence-corrected chi connectivity index (χ4v) is 3.31. The maximum absolute atomic E-state index is 12.4. The Kier molecular flexibility index (Phi) is 9.34. The van der Waals surface area contributed by atoms with Crippen LogP contribution in [-0.2, 0) is 9.59 Å². The van der Waals surface area contributed by atoms with Gasteiger partial charge in [0, 0.05) is 25.6 Å². The second-order valence-corrected chi connectivity index (χ2v) is 7.95. The summed E-state index contributed by atoms with van der Waals surface area (Å²) >= 11 is 0. The van der Waals surface area contributed by atoms with Crippen LogP contribution >= 0.6 is 0 Å². The maximum atomic E-state index is 12.4. The number of nitrogens with one attached hydrogen (secondary N) is 2. The predicted molar refractivity (Wildman–Crippen MR) is 98.7 cm³/mol. The van der Waals surface area contributed by atoms with Gasteiger partial charge in [0.1, 0.15) is 6.04 Å². The zero-order valence-corrected chi connectivity index (χ0v) is 16.2. The van der Waals surface area contributed by atoms with Crippen molar-refractivity contribution in [2.75, 3.05) is 20.1 Å². The lowest BCUT2D eigenvalue weighted by molar-refractivity contribution is -0.130. The fourth-order valence-electron chi connectivity index (χ4n) is 3.31. The second-order valence-electron chi connectivity index (χ2n) is 7.95. The van der Waals surface area contributed by atoms with Crippen molar-refractivity contribution in [3.05, 3.63) is 0 Å². The summed E-state index contributed by atoms with van der Waals surface area (Å²) in [5, 5.41) is 5.88. The molecule has 0 saturated heterocycles. The Hall–Kier alpha value is -1.10. The molecule has 1 atom stereocenters. The third-order valence-electron chi connectivity index (χ3n) is 4.82. The van der Waals surface area contributed by atoms with Gasteiger partial charge in [0.25, 0.3) is 0 Å². The maximum Gasteiger partial charge on any atom is 0.242 e. The molecule has 0 radical (unpaired) electrons. The molecule has 0 aromatic rings. The standard InChI is InChI=1S/C19H37N3O2/c1-14(2)13-17(23)21-18(15(3)4)19(24)20-11-12-22(5)16-9-7-6-8-10-16/h14-16,18H,6-13H2,1-5H3,(H,20,24)(H,21,23). The number of amides is 2. The molecule has 1 aliphatic rings. The number of hydrogen-bond donors (Lipinski definition) is 2. The number of hydrogen-bond acceptors (Lipinski definition) is 3. The van der Waals surface area contributed by atoms with Crippen LogP contribution < -0.4 is 10.6 Å². The molecular weight excluding hydrogens is 302 g/mol. The summed E-state index contributed by atoms with van der Waals surface area (Å²) in [6.45, 7) is 9.44. The van der Waals surface area contributed by atoms with Gasteiger partial charge in [0.2, 0.25) is 11.8 Å². The zero-order valence-electron chi connectivity index (χ0n) is 16.2. The first-order valence-electron chi connectivity index (χ1n) is 9.58. The highest BCUT2D eigenvalue weighted by Gasteiger charge is 2.24. The van der Waals surface area contributed by atoms with Crippen LogP contribution in [0.2, 0.25) is 0 Å². The lowest BCUT2D eigenvalue weighted by Crippen LogP contribution is -2.51. The van der Waals surface area contributed by atoms with Gasteiger partial charge in [-0.15, -0.1) is 0 Å². The number of likely N-dealkylation sites (N-methyl/N-ethyl adjacent to an activating group) is 1. The van der Waals surface area contributed by atoms with E-state index in [-0.39, 0.29) is 17.7 Å². The van der Waals surface area contributed by atoms with Crippen LogP contribution in [-0.4, -0.2) is 48.9 Å². The van der Waals surface area contributed by atoms with E-state index >= 15 is 0 Å². The van der Waals surface area contributed by atoms with Gasteiger partial charge in [-0.1, -0.05) is 47.0 Å². The molecule has 1 rings (SSSR count). The van der Waals surface area contributed by atoms with Crippen molar-refractivity contribution in [3.8, 4) is 0 Å². The highest BCUT2D eigenvalue weighted by atomic mass is 16.2. The van der Waals surface area contributed by atoms with E-state index in [2.05, 4.69) is 22.6 Å². The Balaban J connectivity index is 2.37. The molecule has 1 unspecified atom stereocenters. The molecular formula is C19H37N3O2. The summed E-state index contributed by atoms with van der Waals surface area (Å²) in [5.74, 6) is 0.263. The minimum Gasteiger partial charge on any atom is -0.353 e. The van der Waals surface area contributed by atoms with Crippen molar-refractivity contribution < 1.29 is 9.59 Å². The third kappa shape index (κ3) is 7.65. The van der Waals surface area contributed by atoms with Crippen molar-refractivity contribution in [2.24, 2.45) is 11.8 Å². The number of nitrogens with zero attached hydrogens (tertiary/aromatic N) is 1. The molecule has 0 bridgehead atoms. The van der Waals surface area contributed by atoms with Crippen LogP contribution in [0, 0.1) is 11.8 Å². The first-order chi connectivity index (χ1) is 11.3. The van der Waals surface area contributed by atoms with Crippen LogP contribution in [0.4, 0.5) is 0 Å². The van der Waals surface area contributed by atoms with Gasteiger partial charge in [0.15, 0.2) is 0 Å². The molecule has 0 aromatic carbocycles. The van der Waals surface area contributed by atoms with Crippen LogP contribution in [0.1, 0.15) is 66.2 Å². The zero-order chi connectivity index (χ0) is 18.1. The molecule has 1 saturated carbocycles. The Bertz CT molecular complexity index is 390. The van der Waals surface area contributed by atoms with Crippen LogP contribution in [0.5, 0.6) is 0 Å². The van der Waals surface area contributed by atoms with Crippen LogP contribution in [0.3, 0.4) is 0 Å². The van der Waals surface area contributed by atoms with Gasteiger partial charge in [-0.2, -0.15) is 0 Å². The van der Waals surface area contributed by atoms with Crippen molar-refractivity contribution in [1.29, 1.82) is 0 Å². The van der Waals surface area contributed by atoms with E-state index in [4.69, 9.17) is 0 Å². The lowest BCUT2D eigenvalue weighted by atomic mass is 9.94. The summed E-state index contributed by atoms with van der Waals surface area (Å²) < 4.78 is 0. The largest absolute Gasteiger partial charge is 0.353 e. The molecule has 0 aliphatic heterocycles. The molecule has 1 fully saturated rings. The van der Waals surface area contributed by atoms with Crippen molar-refractivity contribution in [3.63, 3.8) is 0 Å². The average molecular weight is 340 g/mol. The first kappa shape index (κ1) is 20.9. The quantitative estimate of drug-likeness (QED) is 0.679. The van der Waals surface area contributed by atoms with E-state index in [9.17, 15) is 9.59 Å². The smallest absolute Gasteiger partial charge is 0.242 e. The molecule has 1 aliphatic carbocycles. The Morgan fingerprint density at radius 2 is 1.71 bits per heavy atom. The van der Waals surface area contributed by atoms with Gasteiger partial charge in [-0.3, -0.25) is 9.59 Å². The van der Waals surface area contributed by atoms with Crippen molar-refractivity contribution >= 4 is 11.8 Å². The molecule has 24 heavy (non-hydrogen) atoms. The van der Waals surface area contributed by atoms with Crippen LogP contribution in [0.25, 0.3) is 0 Å². The number of carbonyl (C=O) groups excluding carboxylic acids is 2. The summed E-state index contributed by atoms with van der Waals surface area (Å²) in [6.07, 6.45) is 6.99. The van der Waals surface area contributed by atoms with Gasteiger partial charge in [-0.25, -0.2) is 0 Å².